The maximum atomic E-state index is 11.5. The lowest BCUT2D eigenvalue weighted by Gasteiger charge is -2.14. The van der Waals surface area contributed by atoms with Crippen molar-refractivity contribution in [2.45, 2.75) is 13.0 Å². The van der Waals surface area contributed by atoms with E-state index in [0.717, 1.165) is 5.56 Å². The van der Waals surface area contributed by atoms with E-state index in [4.69, 9.17) is 16.9 Å². The van der Waals surface area contributed by atoms with Crippen LogP contribution in [0.2, 0.25) is 5.02 Å². The van der Waals surface area contributed by atoms with Crippen molar-refractivity contribution < 1.29 is 4.79 Å². The number of carbonyl (C=O) groups excluding carboxylic acids is 1. The molecule has 1 N–H and O–H groups in total. The van der Waals surface area contributed by atoms with Crippen molar-refractivity contribution in [3.63, 3.8) is 0 Å². The molecule has 3 nitrogen and oxygen atoms in total. The number of carbonyl (C=O) groups is 1. The monoisotopic (exact) mass is 268 g/mol. The van der Waals surface area contributed by atoms with Crippen LogP contribution in [0.15, 0.2) is 24.3 Å². The lowest BCUT2D eigenvalue weighted by atomic mass is 10.1. The van der Waals surface area contributed by atoms with Gasteiger partial charge in [-0.2, -0.15) is 5.26 Å². The molecule has 5 heteroatoms. The SMILES string of the molecule is CC(NC(=O)CSCC#N)c1cccc(Cl)c1. The number of nitrogens with one attached hydrogen (secondary N) is 1. The fraction of sp³-hybridized carbons (Fsp3) is 0.333. The zero-order valence-electron chi connectivity index (χ0n) is 9.44. The number of hydrogen-bond donors (Lipinski definition) is 1. The van der Waals surface area contributed by atoms with Gasteiger partial charge in [-0.3, -0.25) is 4.79 Å². The highest BCUT2D eigenvalue weighted by Gasteiger charge is 2.09. The molecule has 0 saturated heterocycles. The summed E-state index contributed by atoms with van der Waals surface area (Å²) in [7, 11) is 0. The average molecular weight is 269 g/mol. The number of hydrogen-bond acceptors (Lipinski definition) is 3. The number of amides is 1. The largest absolute Gasteiger partial charge is 0.349 e. The summed E-state index contributed by atoms with van der Waals surface area (Å²) in [5, 5.41) is 11.9. The van der Waals surface area contributed by atoms with Crippen molar-refractivity contribution in [3.8, 4) is 6.07 Å². The number of benzene rings is 1. The molecule has 0 spiro atoms. The Morgan fingerprint density at radius 3 is 3.06 bits per heavy atom. The van der Waals surface area contributed by atoms with Gasteiger partial charge in [0.1, 0.15) is 0 Å². The molecule has 1 rings (SSSR count). The molecule has 17 heavy (non-hydrogen) atoms. The summed E-state index contributed by atoms with van der Waals surface area (Å²) >= 11 is 7.18. The highest BCUT2D eigenvalue weighted by Crippen LogP contribution is 2.17. The topological polar surface area (TPSA) is 52.9 Å². The van der Waals surface area contributed by atoms with Gasteiger partial charge in [-0.05, 0) is 24.6 Å². The van der Waals surface area contributed by atoms with Gasteiger partial charge in [0.05, 0.1) is 23.6 Å². The summed E-state index contributed by atoms with van der Waals surface area (Å²) in [5.74, 6) is 0.565. The van der Waals surface area contributed by atoms with Gasteiger partial charge < -0.3 is 5.32 Å². The number of thioether (sulfide) groups is 1. The van der Waals surface area contributed by atoms with Crippen LogP contribution >= 0.6 is 23.4 Å². The van der Waals surface area contributed by atoms with Crippen LogP contribution < -0.4 is 5.32 Å². The first-order valence-electron chi connectivity index (χ1n) is 5.13. The summed E-state index contributed by atoms with van der Waals surface area (Å²) in [6.45, 7) is 1.90. The molecule has 0 aliphatic rings. The number of rotatable bonds is 5. The Morgan fingerprint density at radius 2 is 2.41 bits per heavy atom. The predicted octanol–water partition coefficient (Wildman–Crippen LogP) is 2.77. The Kier molecular flexibility index (Phi) is 5.88. The third-order valence-electron chi connectivity index (χ3n) is 2.13. The van der Waals surface area contributed by atoms with Crippen molar-refractivity contribution in [2.24, 2.45) is 0 Å². The second-order valence-corrected chi connectivity index (χ2v) is 4.92. The molecule has 1 amide bonds. The molecule has 0 fully saturated rings. The van der Waals surface area contributed by atoms with E-state index in [1.54, 1.807) is 6.07 Å². The fourth-order valence-electron chi connectivity index (χ4n) is 1.33. The number of halogens is 1. The van der Waals surface area contributed by atoms with Crippen LogP contribution in [0.25, 0.3) is 0 Å². The Bertz CT molecular complexity index is 431. The van der Waals surface area contributed by atoms with Crippen molar-refractivity contribution in [2.75, 3.05) is 11.5 Å². The molecule has 1 unspecified atom stereocenters. The third-order valence-corrected chi connectivity index (χ3v) is 3.16. The van der Waals surface area contributed by atoms with E-state index < -0.39 is 0 Å². The van der Waals surface area contributed by atoms with Crippen LogP contribution in [-0.4, -0.2) is 17.4 Å². The van der Waals surface area contributed by atoms with Crippen LogP contribution in [0.1, 0.15) is 18.5 Å². The maximum absolute atomic E-state index is 11.5. The van der Waals surface area contributed by atoms with Gasteiger partial charge in [0.25, 0.3) is 0 Å². The standard InChI is InChI=1S/C12H13ClN2OS/c1-9(10-3-2-4-11(13)7-10)15-12(16)8-17-6-5-14/h2-4,7,9H,6,8H2,1H3,(H,15,16). The highest BCUT2D eigenvalue weighted by atomic mass is 35.5. The Hall–Kier alpha value is -1.18. The molecule has 1 aromatic rings. The van der Waals surface area contributed by atoms with Crippen LogP contribution in [0.4, 0.5) is 0 Å². The molecule has 90 valence electrons. The minimum Gasteiger partial charge on any atom is -0.349 e. The van der Waals surface area contributed by atoms with Crippen molar-refractivity contribution in [1.29, 1.82) is 5.26 Å². The van der Waals surface area contributed by atoms with Gasteiger partial charge in [-0.25, -0.2) is 0 Å². The Morgan fingerprint density at radius 1 is 1.65 bits per heavy atom. The molecule has 0 heterocycles. The third kappa shape index (κ3) is 5.12. The summed E-state index contributed by atoms with van der Waals surface area (Å²) in [6.07, 6.45) is 0. The van der Waals surface area contributed by atoms with Gasteiger partial charge >= 0.3 is 0 Å². The summed E-state index contributed by atoms with van der Waals surface area (Å²) < 4.78 is 0. The second-order valence-electron chi connectivity index (χ2n) is 3.50. The van der Waals surface area contributed by atoms with E-state index in [1.165, 1.54) is 11.8 Å². The molecule has 1 aromatic carbocycles. The maximum Gasteiger partial charge on any atom is 0.230 e. The molecular weight excluding hydrogens is 256 g/mol. The van der Waals surface area contributed by atoms with Crippen molar-refractivity contribution in [1.82, 2.24) is 5.32 Å². The van der Waals surface area contributed by atoms with Crippen molar-refractivity contribution in [3.05, 3.63) is 34.9 Å². The highest BCUT2D eigenvalue weighted by molar-refractivity contribution is 8.00. The molecular formula is C12H13ClN2OS. The van der Waals surface area contributed by atoms with Gasteiger partial charge in [0.15, 0.2) is 0 Å². The predicted molar refractivity (Wildman–Crippen MR) is 70.9 cm³/mol. The zero-order chi connectivity index (χ0) is 12.7. The van der Waals surface area contributed by atoms with Crippen molar-refractivity contribution >= 4 is 29.3 Å². The van der Waals surface area contributed by atoms with Crippen LogP contribution in [-0.2, 0) is 4.79 Å². The summed E-state index contributed by atoms with van der Waals surface area (Å²) in [4.78, 5) is 11.5. The number of nitrogens with zero attached hydrogens (tertiary/aromatic N) is 1. The van der Waals surface area contributed by atoms with E-state index in [9.17, 15) is 4.79 Å². The van der Waals surface area contributed by atoms with Crippen LogP contribution in [0, 0.1) is 11.3 Å². The Balaban J connectivity index is 2.46. The Labute approximate surface area is 110 Å². The average Bonchev–Trinajstić information content (AvgIpc) is 2.29. The molecule has 0 bridgehead atoms. The molecule has 0 aromatic heterocycles. The normalized spacial score (nSPS) is 11.6. The minimum atomic E-state index is -0.0797. The first-order chi connectivity index (χ1) is 8.13. The smallest absolute Gasteiger partial charge is 0.230 e. The number of nitriles is 1. The summed E-state index contributed by atoms with van der Waals surface area (Å²) in [5.41, 5.74) is 0.969. The minimum absolute atomic E-state index is 0.0716. The van der Waals surface area contributed by atoms with Gasteiger partial charge in [0.2, 0.25) is 5.91 Å². The van der Waals surface area contributed by atoms with E-state index >= 15 is 0 Å². The lowest BCUT2D eigenvalue weighted by molar-refractivity contribution is -0.119. The summed E-state index contributed by atoms with van der Waals surface area (Å²) in [6, 6.07) is 9.29. The molecule has 0 aliphatic heterocycles. The van der Waals surface area contributed by atoms with E-state index in [0.29, 0.717) is 16.5 Å². The fourth-order valence-corrected chi connectivity index (χ4v) is 1.99. The lowest BCUT2D eigenvalue weighted by Crippen LogP contribution is -2.28. The molecule has 1 atom stereocenters. The van der Waals surface area contributed by atoms with Crippen LogP contribution in [0.5, 0.6) is 0 Å². The van der Waals surface area contributed by atoms with E-state index in [2.05, 4.69) is 5.32 Å². The quantitative estimate of drug-likeness (QED) is 0.836. The second kappa shape index (κ2) is 7.21. The molecule has 0 aliphatic carbocycles. The molecule has 0 saturated carbocycles. The van der Waals surface area contributed by atoms with Gasteiger partial charge in [-0.15, -0.1) is 11.8 Å². The van der Waals surface area contributed by atoms with E-state index in [-0.39, 0.29) is 11.9 Å². The first-order valence-corrected chi connectivity index (χ1v) is 6.66. The zero-order valence-corrected chi connectivity index (χ0v) is 11.0. The first kappa shape index (κ1) is 13.9. The van der Waals surface area contributed by atoms with Gasteiger partial charge in [0, 0.05) is 5.02 Å². The van der Waals surface area contributed by atoms with Crippen LogP contribution in [0.3, 0.4) is 0 Å². The molecule has 0 radical (unpaired) electrons. The van der Waals surface area contributed by atoms with E-state index in [1.807, 2.05) is 31.2 Å². The van der Waals surface area contributed by atoms with Gasteiger partial charge in [-0.1, -0.05) is 23.7 Å².